The lowest BCUT2D eigenvalue weighted by molar-refractivity contribution is -0.139. The van der Waals surface area contributed by atoms with Gasteiger partial charge in [-0.15, -0.1) is 0 Å². The number of benzene rings is 2. The highest BCUT2D eigenvalue weighted by Gasteiger charge is 2.34. The SMILES string of the molecule is O=S(=O)(Nc1ccc(F)c(C(F)(F)F)c1)c1ccccc1F. The second-order valence-electron chi connectivity index (χ2n) is 4.23. The molecule has 2 aromatic carbocycles. The van der Waals surface area contributed by atoms with Crippen LogP contribution in [0.2, 0.25) is 0 Å². The topological polar surface area (TPSA) is 46.2 Å². The molecule has 0 aliphatic carbocycles. The molecule has 0 bridgehead atoms. The fourth-order valence-electron chi connectivity index (χ4n) is 1.68. The largest absolute Gasteiger partial charge is 0.419 e. The zero-order chi connectivity index (χ0) is 16.5. The van der Waals surface area contributed by atoms with Crippen LogP contribution >= 0.6 is 0 Å². The summed E-state index contributed by atoms with van der Waals surface area (Å²) in [6.45, 7) is 0. The Hall–Kier alpha value is -2.16. The van der Waals surface area contributed by atoms with Gasteiger partial charge in [0.05, 0.1) is 5.56 Å². The summed E-state index contributed by atoms with van der Waals surface area (Å²) in [4.78, 5) is -0.729. The van der Waals surface area contributed by atoms with E-state index in [0.29, 0.717) is 12.1 Å². The van der Waals surface area contributed by atoms with Gasteiger partial charge in [0.1, 0.15) is 16.5 Å². The maximum Gasteiger partial charge on any atom is 0.419 e. The molecule has 0 atom stereocenters. The van der Waals surface area contributed by atoms with Crippen molar-refractivity contribution in [1.29, 1.82) is 0 Å². The second kappa shape index (κ2) is 5.56. The molecule has 22 heavy (non-hydrogen) atoms. The van der Waals surface area contributed by atoms with E-state index in [1.165, 1.54) is 12.1 Å². The molecule has 0 saturated carbocycles. The third-order valence-corrected chi connectivity index (χ3v) is 4.06. The minimum Gasteiger partial charge on any atom is -0.280 e. The molecule has 3 nitrogen and oxygen atoms in total. The maximum absolute atomic E-state index is 13.5. The summed E-state index contributed by atoms with van der Waals surface area (Å²) in [7, 11) is -4.43. The van der Waals surface area contributed by atoms with Crippen LogP contribution in [0.15, 0.2) is 47.4 Å². The van der Waals surface area contributed by atoms with Crippen molar-refractivity contribution in [3.63, 3.8) is 0 Å². The van der Waals surface area contributed by atoms with Crippen molar-refractivity contribution in [1.82, 2.24) is 0 Å². The third-order valence-electron chi connectivity index (χ3n) is 2.65. The van der Waals surface area contributed by atoms with Crippen LogP contribution in [0.3, 0.4) is 0 Å². The molecule has 0 saturated heterocycles. The number of nitrogens with one attached hydrogen (secondary N) is 1. The van der Waals surface area contributed by atoms with Crippen molar-refractivity contribution in [2.45, 2.75) is 11.1 Å². The standard InChI is InChI=1S/C13H8F5NO2S/c14-10-6-5-8(7-9(10)13(16,17)18)19-22(20,21)12-4-2-1-3-11(12)15/h1-7,19H. The monoisotopic (exact) mass is 337 g/mol. The van der Waals surface area contributed by atoms with E-state index in [2.05, 4.69) is 0 Å². The molecule has 2 aromatic rings. The molecule has 0 amide bonds. The Kier molecular flexibility index (Phi) is 4.10. The van der Waals surface area contributed by atoms with Gasteiger partial charge in [0.15, 0.2) is 0 Å². The van der Waals surface area contributed by atoms with Crippen LogP contribution in [0.1, 0.15) is 5.56 Å². The van der Waals surface area contributed by atoms with E-state index >= 15 is 0 Å². The highest BCUT2D eigenvalue weighted by atomic mass is 32.2. The number of rotatable bonds is 3. The molecular formula is C13H8F5NO2S. The first-order valence-electron chi connectivity index (χ1n) is 5.75. The van der Waals surface area contributed by atoms with E-state index in [0.717, 1.165) is 18.2 Å². The van der Waals surface area contributed by atoms with E-state index in [1.807, 2.05) is 0 Å². The minimum atomic E-state index is -4.98. The molecule has 2 rings (SSSR count). The summed E-state index contributed by atoms with van der Waals surface area (Å²) in [5, 5.41) is 0. The third kappa shape index (κ3) is 3.35. The summed E-state index contributed by atoms with van der Waals surface area (Å²) >= 11 is 0. The smallest absolute Gasteiger partial charge is 0.280 e. The first-order valence-corrected chi connectivity index (χ1v) is 7.24. The summed E-state index contributed by atoms with van der Waals surface area (Å²) in [5.74, 6) is -2.60. The molecule has 0 aliphatic rings. The average Bonchev–Trinajstić information content (AvgIpc) is 2.39. The Balaban J connectivity index is 2.41. The summed E-state index contributed by atoms with van der Waals surface area (Å²) in [6, 6.07) is 5.93. The van der Waals surface area contributed by atoms with Crippen molar-refractivity contribution in [2.24, 2.45) is 0 Å². The van der Waals surface area contributed by atoms with Gasteiger partial charge < -0.3 is 0 Å². The van der Waals surface area contributed by atoms with Crippen LogP contribution in [0.5, 0.6) is 0 Å². The number of anilines is 1. The number of hydrogen-bond donors (Lipinski definition) is 1. The lowest BCUT2D eigenvalue weighted by Gasteiger charge is -2.12. The quantitative estimate of drug-likeness (QED) is 0.867. The predicted molar refractivity (Wildman–Crippen MR) is 68.6 cm³/mol. The lowest BCUT2D eigenvalue weighted by Crippen LogP contribution is -2.16. The second-order valence-corrected chi connectivity index (χ2v) is 5.88. The summed E-state index contributed by atoms with van der Waals surface area (Å²) < 4.78 is 90.0. The van der Waals surface area contributed by atoms with Crippen molar-refractivity contribution < 1.29 is 30.4 Å². The number of hydrogen-bond acceptors (Lipinski definition) is 2. The molecule has 9 heteroatoms. The Labute approximate surface area is 122 Å². The van der Waals surface area contributed by atoms with Crippen LogP contribution in [-0.2, 0) is 16.2 Å². The van der Waals surface area contributed by atoms with Gasteiger partial charge in [-0.25, -0.2) is 17.2 Å². The number of sulfonamides is 1. The summed E-state index contributed by atoms with van der Waals surface area (Å²) in [5.41, 5.74) is -2.15. The van der Waals surface area contributed by atoms with E-state index in [1.54, 1.807) is 4.72 Å². The van der Waals surface area contributed by atoms with Crippen LogP contribution in [0.25, 0.3) is 0 Å². The molecule has 0 aliphatic heterocycles. The van der Waals surface area contributed by atoms with Gasteiger partial charge in [0, 0.05) is 5.69 Å². The van der Waals surface area contributed by atoms with Gasteiger partial charge in [-0.05, 0) is 30.3 Å². The lowest BCUT2D eigenvalue weighted by atomic mass is 10.2. The predicted octanol–water partition coefficient (Wildman–Crippen LogP) is 3.78. The van der Waals surface area contributed by atoms with Crippen LogP contribution in [-0.4, -0.2) is 8.42 Å². The molecule has 0 aromatic heterocycles. The van der Waals surface area contributed by atoms with Crippen molar-refractivity contribution in [2.75, 3.05) is 4.72 Å². The zero-order valence-electron chi connectivity index (χ0n) is 10.7. The fraction of sp³-hybridized carbons (Fsp3) is 0.0769. The maximum atomic E-state index is 13.5. The van der Waals surface area contributed by atoms with E-state index in [4.69, 9.17) is 0 Å². The van der Waals surface area contributed by atoms with Gasteiger partial charge in [-0.3, -0.25) is 4.72 Å². The van der Waals surface area contributed by atoms with Gasteiger partial charge in [-0.1, -0.05) is 12.1 Å². The Bertz CT molecular complexity index is 802. The molecule has 0 heterocycles. The van der Waals surface area contributed by atoms with Gasteiger partial charge in [0.25, 0.3) is 10.0 Å². The normalized spacial score (nSPS) is 12.2. The van der Waals surface area contributed by atoms with Crippen LogP contribution < -0.4 is 4.72 Å². The first kappa shape index (κ1) is 16.2. The van der Waals surface area contributed by atoms with E-state index in [9.17, 15) is 30.4 Å². The molecule has 0 radical (unpaired) electrons. The van der Waals surface area contributed by atoms with Crippen LogP contribution in [0.4, 0.5) is 27.6 Å². The Morgan fingerprint density at radius 3 is 2.14 bits per heavy atom. The Morgan fingerprint density at radius 1 is 0.909 bits per heavy atom. The molecular weight excluding hydrogens is 329 g/mol. The van der Waals surface area contributed by atoms with E-state index in [-0.39, 0.29) is 0 Å². The highest BCUT2D eigenvalue weighted by Crippen LogP contribution is 2.33. The fourth-order valence-corrected chi connectivity index (χ4v) is 2.81. The molecule has 0 fully saturated rings. The molecule has 0 spiro atoms. The number of alkyl halides is 3. The van der Waals surface area contributed by atoms with Gasteiger partial charge >= 0.3 is 6.18 Å². The Morgan fingerprint density at radius 2 is 1.55 bits per heavy atom. The molecule has 0 unspecified atom stereocenters. The molecule has 1 N–H and O–H groups in total. The van der Waals surface area contributed by atoms with Crippen molar-refractivity contribution >= 4 is 15.7 Å². The van der Waals surface area contributed by atoms with Gasteiger partial charge in [-0.2, -0.15) is 13.2 Å². The molecule has 118 valence electrons. The number of halogens is 5. The van der Waals surface area contributed by atoms with E-state index < -0.39 is 44.0 Å². The van der Waals surface area contributed by atoms with Gasteiger partial charge in [0.2, 0.25) is 0 Å². The van der Waals surface area contributed by atoms with Crippen molar-refractivity contribution in [3.05, 3.63) is 59.7 Å². The zero-order valence-corrected chi connectivity index (χ0v) is 11.5. The average molecular weight is 337 g/mol. The highest BCUT2D eigenvalue weighted by molar-refractivity contribution is 7.92. The summed E-state index contributed by atoms with van der Waals surface area (Å²) in [6.07, 6.45) is -4.98. The van der Waals surface area contributed by atoms with Crippen LogP contribution in [0, 0.1) is 11.6 Å². The first-order chi connectivity index (χ1) is 10.1. The minimum absolute atomic E-state index is 0.299. The van der Waals surface area contributed by atoms with Crippen molar-refractivity contribution in [3.8, 4) is 0 Å².